The molecule has 5 heteroatoms. The Bertz CT molecular complexity index is 466. The lowest BCUT2D eigenvalue weighted by Crippen LogP contribution is -2.27. The number of anilines is 2. The van der Waals surface area contributed by atoms with Gasteiger partial charge in [-0.05, 0) is 18.9 Å². The fourth-order valence-corrected chi connectivity index (χ4v) is 2.03. The molecule has 1 saturated carbocycles. The minimum absolute atomic E-state index is 0.0299. The van der Waals surface area contributed by atoms with Crippen molar-refractivity contribution in [3.05, 3.63) is 23.0 Å². The van der Waals surface area contributed by atoms with Crippen molar-refractivity contribution < 1.29 is 4.39 Å². The van der Waals surface area contributed by atoms with Crippen LogP contribution in [0.4, 0.5) is 15.8 Å². The Morgan fingerprint density at radius 2 is 2.24 bits per heavy atom. The zero-order valence-corrected chi connectivity index (χ0v) is 10.0. The number of hydrogen-bond donors (Lipinski definition) is 1. The van der Waals surface area contributed by atoms with E-state index in [2.05, 4.69) is 6.07 Å². The molecule has 0 saturated heterocycles. The van der Waals surface area contributed by atoms with Gasteiger partial charge in [-0.2, -0.15) is 5.26 Å². The van der Waals surface area contributed by atoms with E-state index in [4.69, 9.17) is 22.6 Å². The van der Waals surface area contributed by atoms with Crippen LogP contribution in [-0.4, -0.2) is 12.6 Å². The minimum Gasteiger partial charge on any atom is -0.397 e. The van der Waals surface area contributed by atoms with Crippen molar-refractivity contribution in [1.29, 1.82) is 5.26 Å². The van der Waals surface area contributed by atoms with E-state index in [-0.39, 0.29) is 5.02 Å². The summed E-state index contributed by atoms with van der Waals surface area (Å²) in [6.45, 7) is 0.576. The van der Waals surface area contributed by atoms with Crippen LogP contribution in [0, 0.1) is 17.1 Å². The Morgan fingerprint density at radius 3 is 2.82 bits per heavy atom. The Hall–Kier alpha value is -1.47. The summed E-state index contributed by atoms with van der Waals surface area (Å²) in [7, 11) is 0. The van der Waals surface area contributed by atoms with Gasteiger partial charge >= 0.3 is 0 Å². The zero-order valence-electron chi connectivity index (χ0n) is 9.29. The van der Waals surface area contributed by atoms with Gasteiger partial charge in [0.25, 0.3) is 0 Å². The summed E-state index contributed by atoms with van der Waals surface area (Å²) < 4.78 is 13.4. The highest BCUT2D eigenvalue weighted by molar-refractivity contribution is 6.31. The van der Waals surface area contributed by atoms with E-state index in [0.717, 1.165) is 12.8 Å². The van der Waals surface area contributed by atoms with Crippen LogP contribution in [0.25, 0.3) is 0 Å². The molecule has 1 aromatic rings. The van der Waals surface area contributed by atoms with Crippen LogP contribution < -0.4 is 10.6 Å². The summed E-state index contributed by atoms with van der Waals surface area (Å²) in [6.07, 6.45) is 2.53. The van der Waals surface area contributed by atoms with Crippen molar-refractivity contribution in [2.24, 2.45) is 0 Å². The zero-order chi connectivity index (χ0) is 12.4. The van der Waals surface area contributed by atoms with Gasteiger partial charge in [0, 0.05) is 18.7 Å². The molecule has 0 radical (unpaired) electrons. The standard InChI is InChI=1S/C12H13ClFN3/c13-9-6-11(16)12(7-10(9)14)17(5-1-4-15)8-2-3-8/h6-8H,1-3,5,16H2. The molecule has 17 heavy (non-hydrogen) atoms. The second-order valence-corrected chi connectivity index (χ2v) is 4.57. The molecule has 2 N–H and O–H groups in total. The van der Waals surface area contributed by atoms with Gasteiger partial charge in [0.15, 0.2) is 0 Å². The molecule has 0 amide bonds. The fraction of sp³-hybridized carbons (Fsp3) is 0.417. The summed E-state index contributed by atoms with van der Waals surface area (Å²) in [5.41, 5.74) is 6.96. The van der Waals surface area contributed by atoms with E-state index in [1.165, 1.54) is 12.1 Å². The van der Waals surface area contributed by atoms with Crippen molar-refractivity contribution in [3.8, 4) is 6.07 Å². The molecule has 0 atom stereocenters. The van der Waals surface area contributed by atoms with Gasteiger partial charge in [-0.15, -0.1) is 0 Å². The number of rotatable bonds is 4. The second kappa shape index (κ2) is 4.80. The fourth-order valence-electron chi connectivity index (χ4n) is 1.86. The van der Waals surface area contributed by atoms with Gasteiger partial charge in [0.2, 0.25) is 0 Å². The first-order valence-corrected chi connectivity index (χ1v) is 5.89. The number of nitriles is 1. The van der Waals surface area contributed by atoms with Crippen molar-refractivity contribution >= 4 is 23.0 Å². The molecular weight excluding hydrogens is 241 g/mol. The summed E-state index contributed by atoms with van der Waals surface area (Å²) in [5.74, 6) is -0.474. The summed E-state index contributed by atoms with van der Waals surface area (Å²) >= 11 is 5.66. The lowest BCUT2D eigenvalue weighted by Gasteiger charge is -2.25. The molecule has 1 aliphatic rings. The second-order valence-electron chi connectivity index (χ2n) is 4.16. The summed E-state index contributed by atoms with van der Waals surface area (Å²) in [6, 6.07) is 5.25. The molecule has 90 valence electrons. The van der Waals surface area contributed by atoms with Crippen LogP contribution in [0.1, 0.15) is 19.3 Å². The molecule has 3 nitrogen and oxygen atoms in total. The number of nitrogens with zero attached hydrogens (tertiary/aromatic N) is 2. The molecule has 1 fully saturated rings. The minimum atomic E-state index is -0.474. The van der Waals surface area contributed by atoms with Gasteiger partial charge in [-0.25, -0.2) is 4.39 Å². The third-order valence-corrected chi connectivity index (χ3v) is 3.12. The predicted octanol–water partition coefficient (Wildman–Crippen LogP) is 2.94. The molecular formula is C12H13ClFN3. The average Bonchev–Trinajstić information content (AvgIpc) is 3.10. The summed E-state index contributed by atoms with van der Waals surface area (Å²) in [5, 5.41) is 8.66. The van der Waals surface area contributed by atoms with Crippen LogP contribution in [0.5, 0.6) is 0 Å². The molecule has 0 aliphatic heterocycles. The maximum absolute atomic E-state index is 13.4. The maximum atomic E-state index is 13.4. The van der Waals surface area contributed by atoms with Gasteiger partial charge in [0.1, 0.15) is 5.82 Å². The largest absolute Gasteiger partial charge is 0.397 e. The Kier molecular flexibility index (Phi) is 3.39. The lowest BCUT2D eigenvalue weighted by molar-refractivity contribution is 0.627. The van der Waals surface area contributed by atoms with E-state index < -0.39 is 5.82 Å². The number of hydrogen-bond acceptors (Lipinski definition) is 3. The van der Waals surface area contributed by atoms with E-state index >= 15 is 0 Å². The van der Waals surface area contributed by atoms with Crippen LogP contribution in [0.3, 0.4) is 0 Å². The van der Waals surface area contributed by atoms with Gasteiger partial charge in [-0.3, -0.25) is 0 Å². The van der Waals surface area contributed by atoms with Crippen LogP contribution in [0.15, 0.2) is 12.1 Å². The van der Waals surface area contributed by atoms with E-state index in [0.29, 0.717) is 30.4 Å². The molecule has 0 unspecified atom stereocenters. The van der Waals surface area contributed by atoms with Crippen LogP contribution >= 0.6 is 11.6 Å². The van der Waals surface area contributed by atoms with Crippen molar-refractivity contribution in [2.45, 2.75) is 25.3 Å². The van der Waals surface area contributed by atoms with Crippen molar-refractivity contribution in [3.63, 3.8) is 0 Å². The normalized spacial score (nSPS) is 14.4. The first-order chi connectivity index (χ1) is 8.13. The number of benzene rings is 1. The van der Waals surface area contributed by atoms with Crippen LogP contribution in [0.2, 0.25) is 5.02 Å². The third-order valence-electron chi connectivity index (χ3n) is 2.83. The smallest absolute Gasteiger partial charge is 0.144 e. The topological polar surface area (TPSA) is 53.0 Å². The Morgan fingerprint density at radius 1 is 1.53 bits per heavy atom. The first kappa shape index (κ1) is 12.0. The SMILES string of the molecule is N#CCCN(c1cc(F)c(Cl)cc1N)C1CC1. The van der Waals surface area contributed by atoms with E-state index in [9.17, 15) is 4.39 Å². The van der Waals surface area contributed by atoms with Crippen LogP contribution in [-0.2, 0) is 0 Å². The van der Waals surface area contributed by atoms with Crippen molar-refractivity contribution in [1.82, 2.24) is 0 Å². The monoisotopic (exact) mass is 253 g/mol. The molecule has 0 aromatic heterocycles. The number of halogens is 2. The number of nitrogens with two attached hydrogens (primary N) is 1. The molecule has 1 aromatic carbocycles. The highest BCUT2D eigenvalue weighted by atomic mass is 35.5. The average molecular weight is 254 g/mol. The Balaban J connectivity index is 2.29. The van der Waals surface area contributed by atoms with E-state index in [1.807, 2.05) is 4.90 Å². The first-order valence-electron chi connectivity index (χ1n) is 5.51. The third kappa shape index (κ3) is 2.62. The van der Waals surface area contributed by atoms with Gasteiger partial charge < -0.3 is 10.6 Å². The highest BCUT2D eigenvalue weighted by Gasteiger charge is 2.30. The molecule has 0 spiro atoms. The molecule has 2 rings (SSSR count). The predicted molar refractivity (Wildman–Crippen MR) is 66.4 cm³/mol. The molecule has 0 heterocycles. The van der Waals surface area contributed by atoms with Gasteiger partial charge in [-0.1, -0.05) is 11.6 Å². The highest BCUT2D eigenvalue weighted by Crippen LogP contribution is 2.36. The molecule has 0 bridgehead atoms. The Labute approximate surface area is 105 Å². The lowest BCUT2D eigenvalue weighted by atomic mass is 10.2. The van der Waals surface area contributed by atoms with E-state index in [1.54, 1.807) is 0 Å². The molecule has 1 aliphatic carbocycles. The van der Waals surface area contributed by atoms with Crippen molar-refractivity contribution in [2.75, 3.05) is 17.2 Å². The maximum Gasteiger partial charge on any atom is 0.144 e. The summed E-state index contributed by atoms with van der Waals surface area (Å²) in [4.78, 5) is 2.00. The van der Waals surface area contributed by atoms with Gasteiger partial charge in [0.05, 0.1) is 28.9 Å². The quantitative estimate of drug-likeness (QED) is 0.840. The number of nitrogen functional groups attached to an aromatic ring is 1.